The Morgan fingerprint density at radius 2 is 2.19 bits per heavy atom. The number of urea groups is 1. The summed E-state index contributed by atoms with van der Waals surface area (Å²) >= 11 is 11.7. The number of rotatable bonds is 3. The number of nitrogens with zero attached hydrogens (tertiary/aromatic N) is 1. The van der Waals surface area contributed by atoms with Crippen LogP contribution in [0.15, 0.2) is 18.2 Å². The lowest BCUT2D eigenvalue weighted by molar-refractivity contribution is 0.202. The molecule has 1 rings (SSSR count). The lowest BCUT2D eigenvalue weighted by atomic mass is 10.3. The van der Waals surface area contributed by atoms with Crippen LogP contribution < -0.4 is 5.32 Å². The highest BCUT2D eigenvalue weighted by Crippen LogP contribution is 2.25. The molecule has 6 heteroatoms. The van der Waals surface area contributed by atoms with Crippen LogP contribution in [-0.2, 0) is 0 Å². The van der Waals surface area contributed by atoms with E-state index in [9.17, 15) is 4.79 Å². The van der Waals surface area contributed by atoms with Crippen LogP contribution in [0.25, 0.3) is 0 Å². The fourth-order valence-electron chi connectivity index (χ4n) is 1.06. The predicted octanol–water partition coefficient (Wildman–Crippen LogP) is 2.45. The Labute approximate surface area is 104 Å². The van der Waals surface area contributed by atoms with Crippen LogP contribution in [-0.4, -0.2) is 36.2 Å². The number of likely N-dealkylation sites (N-methyl/N-ethyl adjacent to an activating group) is 1. The number of anilines is 1. The third-order valence-electron chi connectivity index (χ3n) is 1.95. The third-order valence-corrected chi connectivity index (χ3v) is 2.52. The first-order valence-corrected chi connectivity index (χ1v) is 5.38. The van der Waals surface area contributed by atoms with E-state index in [1.165, 1.54) is 4.90 Å². The van der Waals surface area contributed by atoms with E-state index in [0.29, 0.717) is 15.7 Å². The molecule has 2 N–H and O–H groups in total. The van der Waals surface area contributed by atoms with Crippen molar-refractivity contribution >= 4 is 34.9 Å². The number of benzene rings is 1. The largest absolute Gasteiger partial charge is 0.395 e. The van der Waals surface area contributed by atoms with Gasteiger partial charge < -0.3 is 15.3 Å². The minimum absolute atomic E-state index is 0.0901. The maximum Gasteiger partial charge on any atom is 0.321 e. The number of aliphatic hydroxyl groups is 1. The number of amides is 2. The molecule has 0 aliphatic heterocycles. The Balaban J connectivity index is 2.72. The number of nitrogens with one attached hydrogen (secondary N) is 1. The van der Waals surface area contributed by atoms with Crippen molar-refractivity contribution in [3.63, 3.8) is 0 Å². The number of hydrogen-bond donors (Lipinski definition) is 2. The Kier molecular flexibility index (Phi) is 4.86. The quantitative estimate of drug-likeness (QED) is 0.880. The summed E-state index contributed by atoms with van der Waals surface area (Å²) in [6, 6.07) is 4.45. The summed E-state index contributed by atoms with van der Waals surface area (Å²) in [7, 11) is 1.57. The molecule has 16 heavy (non-hydrogen) atoms. The fraction of sp³-hybridized carbons (Fsp3) is 0.300. The molecule has 0 aliphatic rings. The van der Waals surface area contributed by atoms with Crippen LogP contribution in [0.2, 0.25) is 10.0 Å². The molecule has 1 aromatic carbocycles. The van der Waals surface area contributed by atoms with Gasteiger partial charge in [-0.2, -0.15) is 0 Å². The van der Waals surface area contributed by atoms with Gasteiger partial charge in [-0.15, -0.1) is 0 Å². The van der Waals surface area contributed by atoms with Crippen molar-refractivity contribution in [1.29, 1.82) is 0 Å². The van der Waals surface area contributed by atoms with Crippen molar-refractivity contribution in [3.8, 4) is 0 Å². The first kappa shape index (κ1) is 13.1. The van der Waals surface area contributed by atoms with Crippen molar-refractivity contribution in [2.24, 2.45) is 0 Å². The summed E-state index contributed by atoms with van der Waals surface area (Å²) in [4.78, 5) is 12.9. The van der Waals surface area contributed by atoms with Gasteiger partial charge in [-0.05, 0) is 18.2 Å². The van der Waals surface area contributed by atoms with Crippen LogP contribution >= 0.6 is 23.2 Å². The highest BCUT2D eigenvalue weighted by molar-refractivity contribution is 6.35. The maximum atomic E-state index is 11.6. The van der Waals surface area contributed by atoms with E-state index in [1.54, 1.807) is 25.2 Å². The highest BCUT2D eigenvalue weighted by Gasteiger charge is 2.10. The summed E-state index contributed by atoms with van der Waals surface area (Å²) in [6.45, 7) is 0.164. The minimum Gasteiger partial charge on any atom is -0.395 e. The molecule has 0 saturated heterocycles. The van der Waals surface area contributed by atoms with E-state index in [-0.39, 0.29) is 19.2 Å². The zero-order valence-corrected chi connectivity index (χ0v) is 10.2. The van der Waals surface area contributed by atoms with Crippen molar-refractivity contribution < 1.29 is 9.90 Å². The predicted molar refractivity (Wildman–Crippen MR) is 65.2 cm³/mol. The summed E-state index contributed by atoms with van der Waals surface area (Å²) in [5, 5.41) is 12.2. The Morgan fingerprint density at radius 1 is 1.50 bits per heavy atom. The molecule has 4 nitrogen and oxygen atoms in total. The minimum atomic E-state index is -0.349. The van der Waals surface area contributed by atoms with E-state index in [0.717, 1.165) is 0 Å². The zero-order chi connectivity index (χ0) is 12.1. The second-order valence-corrected chi connectivity index (χ2v) is 4.04. The molecular formula is C10H12Cl2N2O2. The number of carbonyl (C=O) groups is 1. The van der Waals surface area contributed by atoms with E-state index in [2.05, 4.69) is 5.32 Å². The fourth-order valence-corrected chi connectivity index (χ4v) is 1.39. The van der Waals surface area contributed by atoms with Gasteiger partial charge in [0.2, 0.25) is 0 Å². The van der Waals surface area contributed by atoms with Crippen LogP contribution in [0.1, 0.15) is 0 Å². The Bertz CT molecular complexity index is 385. The second kappa shape index (κ2) is 5.94. The number of halogens is 2. The lowest BCUT2D eigenvalue weighted by Gasteiger charge is -2.17. The molecule has 88 valence electrons. The van der Waals surface area contributed by atoms with Gasteiger partial charge in [0.25, 0.3) is 0 Å². The highest BCUT2D eigenvalue weighted by atomic mass is 35.5. The summed E-state index contributed by atoms with van der Waals surface area (Å²) in [5.41, 5.74) is 0.448. The van der Waals surface area contributed by atoms with Gasteiger partial charge in [-0.3, -0.25) is 0 Å². The molecule has 0 saturated carbocycles. The topological polar surface area (TPSA) is 52.6 Å². The van der Waals surface area contributed by atoms with E-state index >= 15 is 0 Å². The van der Waals surface area contributed by atoms with Crippen molar-refractivity contribution in [2.75, 3.05) is 25.5 Å². The van der Waals surface area contributed by atoms with Crippen LogP contribution in [0.4, 0.5) is 10.5 Å². The van der Waals surface area contributed by atoms with Crippen molar-refractivity contribution in [1.82, 2.24) is 4.90 Å². The van der Waals surface area contributed by atoms with Crippen LogP contribution in [0.3, 0.4) is 0 Å². The third kappa shape index (κ3) is 3.56. The normalized spacial score (nSPS) is 10.0. The Hall–Kier alpha value is -0.970. The molecular weight excluding hydrogens is 251 g/mol. The van der Waals surface area contributed by atoms with Crippen LogP contribution in [0.5, 0.6) is 0 Å². The van der Waals surface area contributed by atoms with Gasteiger partial charge in [-0.1, -0.05) is 23.2 Å². The van der Waals surface area contributed by atoms with E-state index in [1.807, 2.05) is 0 Å². The first-order chi connectivity index (χ1) is 7.54. The lowest BCUT2D eigenvalue weighted by Crippen LogP contribution is -2.33. The molecule has 0 radical (unpaired) electrons. The molecule has 0 aromatic heterocycles. The number of carbonyl (C=O) groups excluding carboxylic acids is 1. The van der Waals surface area contributed by atoms with Gasteiger partial charge in [0.05, 0.1) is 17.3 Å². The number of aliphatic hydroxyl groups excluding tert-OH is 1. The molecule has 0 heterocycles. The van der Waals surface area contributed by atoms with Gasteiger partial charge in [0.15, 0.2) is 0 Å². The van der Waals surface area contributed by atoms with Crippen molar-refractivity contribution in [2.45, 2.75) is 0 Å². The van der Waals surface area contributed by atoms with E-state index < -0.39 is 0 Å². The van der Waals surface area contributed by atoms with Gasteiger partial charge in [-0.25, -0.2) is 4.79 Å². The molecule has 0 aliphatic carbocycles. The summed E-state index contributed by atoms with van der Waals surface area (Å²) in [5.74, 6) is 0. The van der Waals surface area contributed by atoms with Gasteiger partial charge in [0.1, 0.15) is 0 Å². The van der Waals surface area contributed by atoms with E-state index in [4.69, 9.17) is 28.3 Å². The standard InChI is InChI=1S/C10H12Cl2N2O2/c1-14(4-5-15)10(16)13-9-6-7(11)2-3-8(9)12/h2-3,6,15H,4-5H2,1H3,(H,13,16). The molecule has 0 fully saturated rings. The molecule has 1 aromatic rings. The van der Waals surface area contributed by atoms with Crippen LogP contribution in [0, 0.1) is 0 Å². The monoisotopic (exact) mass is 262 g/mol. The molecule has 0 atom stereocenters. The summed E-state index contributed by atoms with van der Waals surface area (Å²) < 4.78 is 0. The zero-order valence-electron chi connectivity index (χ0n) is 8.70. The molecule has 2 amide bonds. The first-order valence-electron chi connectivity index (χ1n) is 4.62. The SMILES string of the molecule is CN(CCO)C(=O)Nc1cc(Cl)ccc1Cl. The number of hydrogen-bond acceptors (Lipinski definition) is 2. The second-order valence-electron chi connectivity index (χ2n) is 3.20. The average molecular weight is 263 g/mol. The average Bonchev–Trinajstić information content (AvgIpc) is 2.23. The Morgan fingerprint density at radius 3 is 2.81 bits per heavy atom. The smallest absolute Gasteiger partial charge is 0.321 e. The van der Waals surface area contributed by atoms with Crippen molar-refractivity contribution in [3.05, 3.63) is 28.2 Å². The van der Waals surface area contributed by atoms with Gasteiger partial charge >= 0.3 is 6.03 Å². The summed E-state index contributed by atoms with van der Waals surface area (Å²) in [6.07, 6.45) is 0. The molecule has 0 bridgehead atoms. The molecule has 0 unspecified atom stereocenters. The van der Waals surface area contributed by atoms with Gasteiger partial charge in [0, 0.05) is 18.6 Å². The maximum absolute atomic E-state index is 11.6. The molecule has 0 spiro atoms.